The Labute approximate surface area is 221 Å². The van der Waals surface area contributed by atoms with E-state index in [2.05, 4.69) is 4.99 Å². The molecule has 9 nitrogen and oxygen atoms in total. The van der Waals surface area contributed by atoms with Gasteiger partial charge in [0.1, 0.15) is 11.5 Å². The van der Waals surface area contributed by atoms with Crippen LogP contribution < -0.4 is 19.8 Å². The number of ketones is 1. The highest BCUT2D eigenvalue weighted by Gasteiger charge is 2.30. The molecular weight excluding hydrogens is 504 g/mol. The molecule has 0 radical (unpaired) electrons. The quantitative estimate of drug-likeness (QED) is 0.276. The van der Waals surface area contributed by atoms with Crippen molar-refractivity contribution in [3.63, 3.8) is 0 Å². The molecule has 3 heterocycles. The molecule has 1 aliphatic heterocycles. The lowest BCUT2D eigenvalue weighted by molar-refractivity contribution is -0.384. The molecule has 192 valence electrons. The van der Waals surface area contributed by atoms with Gasteiger partial charge in [0.2, 0.25) is 0 Å². The number of hydrogen-bond donors (Lipinski definition) is 0. The van der Waals surface area contributed by atoms with Gasteiger partial charge in [0, 0.05) is 54.8 Å². The predicted octanol–water partition coefficient (Wildman–Crippen LogP) is 4.06. The maximum absolute atomic E-state index is 13.7. The number of nitro groups is 1. The third kappa shape index (κ3) is 4.50. The monoisotopic (exact) mass is 528 g/mol. The van der Waals surface area contributed by atoms with Crippen molar-refractivity contribution < 1.29 is 14.1 Å². The number of non-ortho nitro benzene ring substituents is 1. The van der Waals surface area contributed by atoms with E-state index < -0.39 is 11.0 Å². The van der Waals surface area contributed by atoms with Crippen LogP contribution in [0.15, 0.2) is 86.1 Å². The number of hydrogen-bond acceptors (Lipinski definition) is 8. The topological polar surface area (TPSA) is 111 Å². The summed E-state index contributed by atoms with van der Waals surface area (Å²) in [6, 6.07) is 16.7. The fraction of sp³-hybridized carbons (Fsp3) is 0.179. The summed E-state index contributed by atoms with van der Waals surface area (Å²) in [7, 11) is 3.90. The van der Waals surface area contributed by atoms with E-state index in [0.717, 1.165) is 11.3 Å². The molecule has 0 saturated heterocycles. The molecule has 0 aliphatic carbocycles. The third-order valence-corrected chi connectivity index (χ3v) is 7.37. The van der Waals surface area contributed by atoms with E-state index in [1.807, 2.05) is 43.3 Å². The molecule has 38 heavy (non-hydrogen) atoms. The number of thiazole rings is 1. The predicted molar refractivity (Wildman–Crippen MR) is 146 cm³/mol. The molecule has 2 aromatic carbocycles. The maximum atomic E-state index is 13.7. The number of nitrogens with zero attached hydrogens (tertiary/aromatic N) is 4. The molecule has 0 spiro atoms. The first kappa shape index (κ1) is 25.1. The van der Waals surface area contributed by atoms with E-state index in [9.17, 15) is 19.7 Å². The summed E-state index contributed by atoms with van der Waals surface area (Å²) in [4.78, 5) is 43.9. The SMILES string of the molecule is CC(=O)C1=C(C)N=c2s/c(=C/c3ccc(-c4ccc([N+](=O)[O-])cc4)o3)c(=O)n2[C@H]1c1ccc(N(C)C)cc1. The first-order chi connectivity index (χ1) is 18.1. The lowest BCUT2D eigenvalue weighted by atomic mass is 9.93. The van der Waals surface area contributed by atoms with Crippen LogP contribution in [0.1, 0.15) is 31.2 Å². The number of allylic oxidation sites excluding steroid dienone is 2. The second-order valence-electron chi connectivity index (χ2n) is 9.13. The minimum atomic E-state index is -0.589. The van der Waals surface area contributed by atoms with Gasteiger partial charge in [0.15, 0.2) is 10.6 Å². The highest BCUT2D eigenvalue weighted by atomic mass is 32.1. The minimum Gasteiger partial charge on any atom is -0.457 e. The number of Topliss-reactive ketones (excluding diaryl/α,β-unsaturated/α-hetero) is 1. The van der Waals surface area contributed by atoms with Crippen LogP contribution in [0.25, 0.3) is 17.4 Å². The first-order valence-electron chi connectivity index (χ1n) is 11.8. The van der Waals surface area contributed by atoms with E-state index in [1.54, 1.807) is 41.8 Å². The van der Waals surface area contributed by atoms with Crippen molar-refractivity contribution in [1.29, 1.82) is 0 Å². The van der Waals surface area contributed by atoms with Gasteiger partial charge in [-0.3, -0.25) is 24.3 Å². The van der Waals surface area contributed by atoms with Crippen LogP contribution >= 0.6 is 11.3 Å². The Bertz CT molecular complexity index is 1770. The van der Waals surface area contributed by atoms with Crippen molar-refractivity contribution in [2.24, 2.45) is 4.99 Å². The van der Waals surface area contributed by atoms with Crippen LogP contribution in [0.4, 0.5) is 11.4 Å². The van der Waals surface area contributed by atoms with E-state index in [4.69, 9.17) is 4.42 Å². The molecule has 4 aromatic rings. The van der Waals surface area contributed by atoms with Gasteiger partial charge in [-0.2, -0.15) is 0 Å². The zero-order valence-electron chi connectivity index (χ0n) is 21.2. The fourth-order valence-electron chi connectivity index (χ4n) is 4.50. The summed E-state index contributed by atoms with van der Waals surface area (Å²) >= 11 is 1.23. The van der Waals surface area contributed by atoms with Crippen molar-refractivity contribution in [2.75, 3.05) is 19.0 Å². The third-order valence-electron chi connectivity index (χ3n) is 6.39. The molecule has 0 fully saturated rings. The van der Waals surface area contributed by atoms with Crippen LogP contribution in [0.2, 0.25) is 0 Å². The van der Waals surface area contributed by atoms with Crippen LogP contribution in [0.3, 0.4) is 0 Å². The smallest absolute Gasteiger partial charge is 0.271 e. The van der Waals surface area contributed by atoms with Crippen LogP contribution in [-0.4, -0.2) is 29.4 Å². The second-order valence-corrected chi connectivity index (χ2v) is 10.1. The van der Waals surface area contributed by atoms with Gasteiger partial charge in [-0.25, -0.2) is 4.99 Å². The van der Waals surface area contributed by atoms with Gasteiger partial charge in [-0.05, 0) is 55.8 Å². The van der Waals surface area contributed by atoms with Crippen molar-refractivity contribution in [1.82, 2.24) is 4.57 Å². The number of aromatic nitrogens is 1. The van der Waals surface area contributed by atoms with E-state index in [1.165, 1.54) is 30.4 Å². The van der Waals surface area contributed by atoms with Gasteiger partial charge in [-0.15, -0.1) is 0 Å². The molecule has 5 rings (SSSR count). The van der Waals surface area contributed by atoms with Crippen molar-refractivity contribution in [3.8, 4) is 11.3 Å². The number of benzene rings is 2. The van der Waals surface area contributed by atoms with Gasteiger partial charge in [0.25, 0.3) is 11.2 Å². The second kappa shape index (κ2) is 9.71. The first-order valence-corrected chi connectivity index (χ1v) is 12.6. The van der Waals surface area contributed by atoms with E-state index >= 15 is 0 Å². The molecule has 10 heteroatoms. The zero-order valence-corrected chi connectivity index (χ0v) is 22.0. The summed E-state index contributed by atoms with van der Waals surface area (Å²) in [6.45, 7) is 3.28. The van der Waals surface area contributed by atoms with Gasteiger partial charge in [-0.1, -0.05) is 23.5 Å². The lowest BCUT2D eigenvalue weighted by Gasteiger charge is -2.25. The Hall–Kier alpha value is -4.57. The number of carbonyl (C=O) groups is 1. The van der Waals surface area contributed by atoms with Crippen LogP contribution in [0.5, 0.6) is 0 Å². The Morgan fingerprint density at radius 1 is 1.11 bits per heavy atom. The molecule has 1 aliphatic rings. The largest absolute Gasteiger partial charge is 0.457 e. The summed E-state index contributed by atoms with van der Waals surface area (Å²) in [5.74, 6) is 0.839. The number of fused-ring (bicyclic) bond motifs is 1. The van der Waals surface area contributed by atoms with Gasteiger partial charge in [0.05, 0.1) is 15.5 Å². The highest BCUT2D eigenvalue weighted by Crippen LogP contribution is 2.31. The van der Waals surface area contributed by atoms with Crippen molar-refractivity contribution in [3.05, 3.63) is 113 Å². The molecule has 0 N–H and O–H groups in total. The highest BCUT2D eigenvalue weighted by molar-refractivity contribution is 7.07. The van der Waals surface area contributed by atoms with Gasteiger partial charge >= 0.3 is 0 Å². The van der Waals surface area contributed by atoms with Crippen molar-refractivity contribution in [2.45, 2.75) is 19.9 Å². The average molecular weight is 529 g/mol. The Kier molecular flexibility index (Phi) is 6.41. The number of carbonyl (C=O) groups excluding carboxylic acids is 1. The average Bonchev–Trinajstić information content (AvgIpc) is 3.47. The number of furan rings is 1. The van der Waals surface area contributed by atoms with Crippen LogP contribution in [-0.2, 0) is 4.79 Å². The summed E-state index contributed by atoms with van der Waals surface area (Å²) in [5, 5.41) is 10.9. The molecule has 1 atom stereocenters. The number of nitro benzene ring substituents is 1. The minimum absolute atomic E-state index is 0.00669. The summed E-state index contributed by atoms with van der Waals surface area (Å²) < 4.78 is 7.91. The van der Waals surface area contributed by atoms with E-state index in [-0.39, 0.29) is 17.0 Å². The fourth-order valence-corrected chi connectivity index (χ4v) is 5.53. The number of rotatable bonds is 6. The van der Waals surface area contributed by atoms with Gasteiger partial charge < -0.3 is 9.32 Å². The van der Waals surface area contributed by atoms with Crippen molar-refractivity contribution >= 4 is 34.6 Å². The standard InChI is InChI=1S/C28H24N4O5S/c1-16-25(17(2)33)26(19-7-9-20(10-8-19)30(3)4)31-27(34)24(38-28(31)29-16)15-22-13-14-23(37-22)18-5-11-21(12-6-18)32(35)36/h5-15,26H,1-4H3/b24-15+/t26-/m0/s1. The molecule has 0 unspecified atom stereocenters. The summed E-state index contributed by atoms with van der Waals surface area (Å²) in [6.07, 6.45) is 1.65. The Morgan fingerprint density at radius 3 is 2.39 bits per heavy atom. The maximum Gasteiger partial charge on any atom is 0.271 e. The van der Waals surface area contributed by atoms with E-state index in [0.29, 0.717) is 37.7 Å². The summed E-state index contributed by atoms with van der Waals surface area (Å²) in [5.41, 5.74) is 3.31. The Morgan fingerprint density at radius 2 is 1.79 bits per heavy atom. The molecule has 2 aromatic heterocycles. The Balaban J connectivity index is 1.58. The van der Waals surface area contributed by atoms with Crippen LogP contribution in [0, 0.1) is 10.1 Å². The zero-order chi connectivity index (χ0) is 27.1. The normalized spacial score (nSPS) is 15.3. The molecule has 0 bridgehead atoms. The lowest BCUT2D eigenvalue weighted by Crippen LogP contribution is -2.39. The number of anilines is 1. The molecular formula is C28H24N4O5S. The molecule has 0 amide bonds. The molecule has 0 saturated carbocycles.